The van der Waals surface area contributed by atoms with Crippen molar-refractivity contribution < 1.29 is 8.78 Å². The van der Waals surface area contributed by atoms with E-state index in [1.54, 1.807) is 0 Å². The molecule has 0 radical (unpaired) electrons. The summed E-state index contributed by atoms with van der Waals surface area (Å²) >= 11 is 0. The van der Waals surface area contributed by atoms with E-state index < -0.39 is 11.6 Å². The first kappa shape index (κ1) is 13.1. The van der Waals surface area contributed by atoms with Gasteiger partial charge in [-0.15, -0.1) is 0 Å². The fourth-order valence-corrected chi connectivity index (χ4v) is 1.76. The van der Waals surface area contributed by atoms with Crippen molar-refractivity contribution in [2.24, 2.45) is 0 Å². The van der Waals surface area contributed by atoms with Crippen LogP contribution in [0.2, 0.25) is 0 Å². The zero-order valence-corrected chi connectivity index (χ0v) is 10.6. The molecule has 1 nitrogen and oxygen atoms in total. The predicted molar refractivity (Wildman–Crippen MR) is 62.4 cm³/mol. The third kappa shape index (κ3) is 3.01. The van der Waals surface area contributed by atoms with Gasteiger partial charge >= 0.3 is 0 Å². The summed E-state index contributed by atoms with van der Waals surface area (Å²) in [5.41, 5.74) is 1.52. The normalized spacial score (nSPS) is 12.2. The highest BCUT2D eigenvalue weighted by atomic mass is 19.2. The third-order valence-corrected chi connectivity index (χ3v) is 2.44. The molecule has 0 saturated heterocycles. The van der Waals surface area contributed by atoms with E-state index in [1.165, 1.54) is 12.1 Å². The van der Waals surface area contributed by atoms with Crippen molar-refractivity contribution >= 4 is 0 Å². The van der Waals surface area contributed by atoms with Gasteiger partial charge in [-0.05, 0) is 42.8 Å². The van der Waals surface area contributed by atoms with Crippen molar-refractivity contribution in [1.29, 1.82) is 0 Å². The zero-order chi connectivity index (χ0) is 12.5. The second-order valence-corrected chi connectivity index (χ2v) is 5.41. The first-order valence-electron chi connectivity index (χ1n) is 5.35. The Hall–Kier alpha value is -0.960. The Labute approximate surface area is 96.1 Å². The van der Waals surface area contributed by atoms with Crippen LogP contribution < -0.4 is 0 Å². The average Bonchev–Trinajstić information content (AvgIpc) is 2.08. The molecule has 0 bridgehead atoms. The van der Waals surface area contributed by atoms with Gasteiger partial charge in [-0.25, -0.2) is 8.78 Å². The predicted octanol–water partition coefficient (Wildman–Crippen LogP) is 3.32. The minimum absolute atomic E-state index is 0.181. The van der Waals surface area contributed by atoms with Gasteiger partial charge in [-0.2, -0.15) is 0 Å². The first-order chi connectivity index (χ1) is 7.21. The van der Waals surface area contributed by atoms with Gasteiger partial charge in [-0.3, -0.25) is 0 Å². The minimum Gasteiger partial charge on any atom is -0.305 e. The number of rotatable bonds is 2. The maximum Gasteiger partial charge on any atom is 0.159 e. The summed E-state index contributed by atoms with van der Waals surface area (Å²) in [7, 11) is 3.82. The second kappa shape index (κ2) is 4.50. The molecule has 0 atom stereocenters. The Balaban J connectivity index is 3.28. The molecule has 0 fully saturated rings. The Bertz CT molecular complexity index is 378. The van der Waals surface area contributed by atoms with Crippen LogP contribution in [0.1, 0.15) is 31.9 Å². The van der Waals surface area contributed by atoms with E-state index in [9.17, 15) is 8.78 Å². The fourth-order valence-electron chi connectivity index (χ4n) is 1.76. The van der Waals surface area contributed by atoms with E-state index >= 15 is 0 Å². The lowest BCUT2D eigenvalue weighted by Crippen LogP contribution is -2.19. The Morgan fingerprint density at radius 2 is 1.56 bits per heavy atom. The molecule has 0 spiro atoms. The van der Waals surface area contributed by atoms with Gasteiger partial charge in [0.1, 0.15) is 0 Å². The smallest absolute Gasteiger partial charge is 0.159 e. The number of hydrogen-bond acceptors (Lipinski definition) is 1. The summed E-state index contributed by atoms with van der Waals surface area (Å²) in [4.78, 5) is 1.95. The van der Waals surface area contributed by atoms with E-state index in [2.05, 4.69) is 0 Å². The van der Waals surface area contributed by atoms with E-state index in [-0.39, 0.29) is 5.41 Å². The van der Waals surface area contributed by atoms with Crippen molar-refractivity contribution in [2.45, 2.75) is 32.7 Å². The van der Waals surface area contributed by atoms with Crippen LogP contribution in [-0.4, -0.2) is 19.0 Å². The number of hydrogen-bond donors (Lipinski definition) is 0. The SMILES string of the molecule is CN(C)Cc1cc(F)c(F)cc1C(C)(C)C. The summed E-state index contributed by atoms with van der Waals surface area (Å²) in [6, 6.07) is 2.62. The lowest BCUT2D eigenvalue weighted by atomic mass is 9.83. The van der Waals surface area contributed by atoms with Crippen molar-refractivity contribution in [2.75, 3.05) is 14.1 Å². The number of halogens is 2. The molecule has 0 aliphatic carbocycles. The molecule has 0 unspecified atom stereocenters. The number of nitrogens with zero attached hydrogens (tertiary/aromatic N) is 1. The number of benzene rings is 1. The van der Waals surface area contributed by atoms with Gasteiger partial charge in [-0.1, -0.05) is 20.8 Å². The monoisotopic (exact) mass is 227 g/mol. The maximum atomic E-state index is 13.2. The van der Waals surface area contributed by atoms with E-state index in [4.69, 9.17) is 0 Å². The molecule has 3 heteroatoms. The van der Waals surface area contributed by atoms with Crippen molar-refractivity contribution in [3.8, 4) is 0 Å². The van der Waals surface area contributed by atoms with Crippen LogP contribution in [0.4, 0.5) is 8.78 Å². The van der Waals surface area contributed by atoms with Crippen LogP contribution in [0.15, 0.2) is 12.1 Å². The van der Waals surface area contributed by atoms with Crippen LogP contribution in [0.5, 0.6) is 0 Å². The highest BCUT2D eigenvalue weighted by molar-refractivity contribution is 5.34. The molecule has 0 amide bonds. The standard InChI is InChI=1S/C13H19F2N/c1-13(2,3)10-7-12(15)11(14)6-9(10)8-16(4)5/h6-7H,8H2,1-5H3. The highest BCUT2D eigenvalue weighted by Gasteiger charge is 2.20. The van der Waals surface area contributed by atoms with Gasteiger partial charge in [0.25, 0.3) is 0 Å². The second-order valence-electron chi connectivity index (χ2n) is 5.41. The molecular weight excluding hydrogens is 208 g/mol. The topological polar surface area (TPSA) is 3.24 Å². The zero-order valence-electron chi connectivity index (χ0n) is 10.6. The Morgan fingerprint density at radius 3 is 2.00 bits per heavy atom. The van der Waals surface area contributed by atoms with Crippen LogP contribution in [-0.2, 0) is 12.0 Å². The molecule has 1 aromatic carbocycles. The highest BCUT2D eigenvalue weighted by Crippen LogP contribution is 2.28. The molecule has 1 rings (SSSR count). The largest absolute Gasteiger partial charge is 0.305 e. The van der Waals surface area contributed by atoms with E-state index in [0.29, 0.717) is 6.54 Å². The van der Waals surface area contributed by atoms with Crippen LogP contribution in [0, 0.1) is 11.6 Å². The third-order valence-electron chi connectivity index (χ3n) is 2.44. The lowest BCUT2D eigenvalue weighted by molar-refractivity contribution is 0.393. The average molecular weight is 227 g/mol. The summed E-state index contributed by atoms with van der Waals surface area (Å²) in [6.45, 7) is 6.61. The molecular formula is C13H19F2N. The molecule has 16 heavy (non-hydrogen) atoms. The van der Waals surface area contributed by atoms with Crippen molar-refractivity contribution in [1.82, 2.24) is 4.90 Å². The van der Waals surface area contributed by atoms with Crippen LogP contribution in [0.25, 0.3) is 0 Å². The molecule has 0 N–H and O–H groups in total. The molecule has 90 valence electrons. The summed E-state index contributed by atoms with van der Waals surface area (Å²) in [5, 5.41) is 0. The van der Waals surface area contributed by atoms with Crippen molar-refractivity contribution in [3.63, 3.8) is 0 Å². The molecule has 0 aliphatic heterocycles. The van der Waals surface area contributed by atoms with Crippen LogP contribution >= 0.6 is 0 Å². The lowest BCUT2D eigenvalue weighted by Gasteiger charge is -2.24. The molecule has 1 aromatic rings. The maximum absolute atomic E-state index is 13.2. The van der Waals surface area contributed by atoms with E-state index in [0.717, 1.165) is 11.1 Å². The van der Waals surface area contributed by atoms with E-state index in [1.807, 2.05) is 39.8 Å². The van der Waals surface area contributed by atoms with Gasteiger partial charge in [0.2, 0.25) is 0 Å². The summed E-state index contributed by atoms with van der Waals surface area (Å²) < 4.78 is 26.4. The molecule has 0 aliphatic rings. The Morgan fingerprint density at radius 1 is 1.06 bits per heavy atom. The first-order valence-corrected chi connectivity index (χ1v) is 5.35. The summed E-state index contributed by atoms with van der Waals surface area (Å²) in [6.07, 6.45) is 0. The van der Waals surface area contributed by atoms with Gasteiger partial charge in [0, 0.05) is 6.54 Å². The van der Waals surface area contributed by atoms with Gasteiger partial charge in [0.05, 0.1) is 0 Å². The van der Waals surface area contributed by atoms with Gasteiger partial charge in [0.15, 0.2) is 11.6 Å². The fraction of sp³-hybridized carbons (Fsp3) is 0.538. The van der Waals surface area contributed by atoms with Crippen molar-refractivity contribution in [3.05, 3.63) is 34.9 Å². The van der Waals surface area contributed by atoms with Gasteiger partial charge < -0.3 is 4.90 Å². The van der Waals surface area contributed by atoms with Crippen LogP contribution in [0.3, 0.4) is 0 Å². The quantitative estimate of drug-likeness (QED) is 0.749. The summed E-state index contributed by atoms with van der Waals surface area (Å²) in [5.74, 6) is -1.54. The molecule has 0 aromatic heterocycles. The minimum atomic E-state index is -0.773. The Kier molecular flexibility index (Phi) is 3.68. The molecule has 0 saturated carbocycles. The molecule has 0 heterocycles.